The average Bonchev–Trinajstić information content (AvgIpc) is 3.09. The summed E-state index contributed by atoms with van der Waals surface area (Å²) in [6.45, 7) is 2.43. The quantitative estimate of drug-likeness (QED) is 0.863. The van der Waals surface area contributed by atoms with Gasteiger partial charge in [0.15, 0.2) is 0 Å². The van der Waals surface area contributed by atoms with E-state index in [1.165, 1.54) is 21.9 Å². The Morgan fingerprint density at radius 1 is 1.38 bits per heavy atom. The minimum atomic E-state index is -3.24. The molecule has 0 aromatic carbocycles. The maximum atomic E-state index is 11.9. The molecule has 1 saturated heterocycles. The lowest BCUT2D eigenvalue weighted by Gasteiger charge is -2.21. The Balaban J connectivity index is 2.03. The Hall–Kier alpha value is -1.38. The standard InChI is InChI=1S/C13H16N4O2S2/c1-9-8-10(13-14-5-7-20-13)16-12(15-9)11-4-3-6-17(11)21(2,18)19/h5,7-8,11H,3-4,6H2,1-2H3/t11-/m1/s1. The van der Waals surface area contributed by atoms with Crippen molar-refractivity contribution >= 4 is 21.4 Å². The van der Waals surface area contributed by atoms with Crippen LogP contribution >= 0.6 is 11.3 Å². The van der Waals surface area contributed by atoms with Crippen molar-refractivity contribution in [2.24, 2.45) is 0 Å². The molecule has 0 spiro atoms. The number of hydrogen-bond acceptors (Lipinski definition) is 6. The third kappa shape index (κ3) is 2.97. The fourth-order valence-electron chi connectivity index (χ4n) is 2.60. The second-order valence-corrected chi connectivity index (χ2v) is 7.95. The van der Waals surface area contributed by atoms with Crippen LogP contribution in [0, 0.1) is 6.92 Å². The van der Waals surface area contributed by atoms with E-state index < -0.39 is 10.0 Å². The molecule has 2 aromatic rings. The average molecular weight is 324 g/mol. The minimum absolute atomic E-state index is 0.265. The van der Waals surface area contributed by atoms with Crippen LogP contribution in [-0.4, -0.2) is 40.5 Å². The summed E-state index contributed by atoms with van der Waals surface area (Å²) >= 11 is 1.51. The van der Waals surface area contributed by atoms with Crippen LogP contribution in [0.25, 0.3) is 10.7 Å². The lowest BCUT2D eigenvalue weighted by molar-refractivity contribution is 0.386. The van der Waals surface area contributed by atoms with E-state index in [1.807, 2.05) is 18.4 Å². The molecule has 21 heavy (non-hydrogen) atoms. The molecule has 1 atom stereocenters. The highest BCUT2D eigenvalue weighted by Crippen LogP contribution is 2.33. The highest BCUT2D eigenvalue weighted by Gasteiger charge is 2.34. The first-order valence-electron chi connectivity index (χ1n) is 6.67. The molecule has 0 aliphatic carbocycles. The van der Waals surface area contributed by atoms with Crippen LogP contribution in [0.1, 0.15) is 30.4 Å². The third-order valence-electron chi connectivity index (χ3n) is 3.45. The summed E-state index contributed by atoms with van der Waals surface area (Å²) in [4.78, 5) is 13.3. The summed E-state index contributed by atoms with van der Waals surface area (Å²) < 4.78 is 25.2. The molecule has 0 unspecified atom stereocenters. The number of aryl methyl sites for hydroxylation is 1. The van der Waals surface area contributed by atoms with Crippen LogP contribution < -0.4 is 0 Å². The van der Waals surface area contributed by atoms with Crippen molar-refractivity contribution in [3.8, 4) is 10.7 Å². The van der Waals surface area contributed by atoms with Crippen molar-refractivity contribution in [3.63, 3.8) is 0 Å². The number of sulfonamides is 1. The number of nitrogens with zero attached hydrogens (tertiary/aromatic N) is 4. The molecule has 3 rings (SSSR count). The lowest BCUT2D eigenvalue weighted by atomic mass is 10.2. The van der Waals surface area contributed by atoms with E-state index in [0.717, 1.165) is 29.2 Å². The van der Waals surface area contributed by atoms with Gasteiger partial charge in [-0.25, -0.2) is 23.4 Å². The van der Waals surface area contributed by atoms with Gasteiger partial charge >= 0.3 is 0 Å². The van der Waals surface area contributed by atoms with E-state index in [4.69, 9.17) is 0 Å². The Bertz CT molecular complexity index is 744. The molecule has 0 radical (unpaired) electrons. The van der Waals surface area contributed by atoms with Crippen molar-refractivity contribution < 1.29 is 8.42 Å². The Kier molecular flexibility index (Phi) is 3.76. The van der Waals surface area contributed by atoms with Crippen molar-refractivity contribution in [2.75, 3.05) is 12.8 Å². The molecule has 0 saturated carbocycles. The minimum Gasteiger partial charge on any atom is -0.243 e. The van der Waals surface area contributed by atoms with E-state index in [-0.39, 0.29) is 6.04 Å². The summed E-state index contributed by atoms with van der Waals surface area (Å²) in [5.41, 5.74) is 1.58. The van der Waals surface area contributed by atoms with Crippen molar-refractivity contribution in [2.45, 2.75) is 25.8 Å². The van der Waals surface area contributed by atoms with Gasteiger partial charge in [-0.15, -0.1) is 11.3 Å². The highest BCUT2D eigenvalue weighted by molar-refractivity contribution is 7.88. The number of thiazole rings is 1. The Labute approximate surface area is 127 Å². The van der Waals surface area contributed by atoms with Crippen LogP contribution in [-0.2, 0) is 10.0 Å². The van der Waals surface area contributed by atoms with E-state index in [9.17, 15) is 8.42 Å². The molecule has 1 fully saturated rings. The molecule has 0 amide bonds. The topological polar surface area (TPSA) is 76.1 Å². The Morgan fingerprint density at radius 3 is 2.86 bits per heavy atom. The van der Waals surface area contributed by atoms with Gasteiger partial charge in [-0.1, -0.05) is 0 Å². The largest absolute Gasteiger partial charge is 0.243 e. The van der Waals surface area contributed by atoms with Crippen molar-refractivity contribution in [3.05, 3.63) is 29.2 Å². The van der Waals surface area contributed by atoms with E-state index in [2.05, 4.69) is 15.0 Å². The summed E-state index contributed by atoms with van der Waals surface area (Å²) in [6.07, 6.45) is 4.56. The first kappa shape index (κ1) is 14.6. The zero-order valence-electron chi connectivity index (χ0n) is 11.9. The number of hydrogen-bond donors (Lipinski definition) is 0. The van der Waals surface area contributed by atoms with E-state index >= 15 is 0 Å². The monoisotopic (exact) mass is 324 g/mol. The SMILES string of the molecule is Cc1cc(-c2nccs2)nc([C@H]2CCCN2S(C)(=O)=O)n1. The molecule has 1 aliphatic heterocycles. The van der Waals surface area contributed by atoms with Crippen LogP contribution in [0.2, 0.25) is 0 Å². The van der Waals surface area contributed by atoms with Crippen molar-refractivity contribution in [1.82, 2.24) is 19.3 Å². The summed E-state index contributed by atoms with van der Waals surface area (Å²) in [5.74, 6) is 0.572. The molecule has 8 heteroatoms. The third-order valence-corrected chi connectivity index (χ3v) is 5.54. The molecule has 112 valence electrons. The van der Waals surface area contributed by atoms with Gasteiger partial charge in [0, 0.05) is 23.8 Å². The summed E-state index contributed by atoms with van der Waals surface area (Å²) in [7, 11) is -3.24. The zero-order valence-corrected chi connectivity index (χ0v) is 13.5. The van der Waals surface area contributed by atoms with Gasteiger partial charge in [-0.2, -0.15) is 4.31 Å². The van der Waals surface area contributed by atoms with Crippen LogP contribution in [0.4, 0.5) is 0 Å². The Morgan fingerprint density at radius 2 is 2.19 bits per heavy atom. The van der Waals surface area contributed by atoms with Gasteiger partial charge in [-0.05, 0) is 25.8 Å². The second kappa shape index (κ2) is 5.43. The molecule has 0 bridgehead atoms. The van der Waals surface area contributed by atoms with Crippen LogP contribution in [0.5, 0.6) is 0 Å². The van der Waals surface area contributed by atoms with Gasteiger partial charge in [0.2, 0.25) is 10.0 Å². The normalized spacial score (nSPS) is 20.0. The van der Waals surface area contributed by atoms with E-state index in [1.54, 1.807) is 6.20 Å². The first-order chi connectivity index (χ1) is 9.95. The van der Waals surface area contributed by atoms with Gasteiger partial charge in [-0.3, -0.25) is 0 Å². The van der Waals surface area contributed by atoms with Gasteiger partial charge in [0.05, 0.1) is 12.3 Å². The maximum Gasteiger partial charge on any atom is 0.211 e. The van der Waals surface area contributed by atoms with Crippen LogP contribution in [0.15, 0.2) is 17.6 Å². The predicted molar refractivity (Wildman–Crippen MR) is 81.4 cm³/mol. The maximum absolute atomic E-state index is 11.9. The number of rotatable bonds is 3. The number of aromatic nitrogens is 3. The zero-order chi connectivity index (χ0) is 15.0. The van der Waals surface area contributed by atoms with Gasteiger partial charge < -0.3 is 0 Å². The second-order valence-electron chi connectivity index (χ2n) is 5.12. The molecular weight excluding hydrogens is 308 g/mol. The summed E-state index contributed by atoms with van der Waals surface area (Å²) in [5, 5.41) is 2.72. The molecule has 1 aliphatic rings. The first-order valence-corrected chi connectivity index (χ1v) is 9.40. The van der Waals surface area contributed by atoms with Gasteiger partial charge in [0.1, 0.15) is 16.5 Å². The smallest absolute Gasteiger partial charge is 0.211 e. The summed E-state index contributed by atoms with van der Waals surface area (Å²) in [6, 6.07) is 1.61. The molecule has 6 nitrogen and oxygen atoms in total. The highest BCUT2D eigenvalue weighted by atomic mass is 32.2. The molecular formula is C13H16N4O2S2. The fraction of sp³-hybridized carbons (Fsp3) is 0.462. The fourth-order valence-corrected chi connectivity index (χ4v) is 4.32. The lowest BCUT2D eigenvalue weighted by Crippen LogP contribution is -2.30. The van der Waals surface area contributed by atoms with E-state index in [0.29, 0.717) is 12.4 Å². The molecule has 2 aromatic heterocycles. The van der Waals surface area contributed by atoms with Crippen LogP contribution in [0.3, 0.4) is 0 Å². The predicted octanol–water partition coefficient (Wildman–Crippen LogP) is 2.01. The molecule has 3 heterocycles. The van der Waals surface area contributed by atoms with Crippen molar-refractivity contribution in [1.29, 1.82) is 0 Å². The van der Waals surface area contributed by atoms with Gasteiger partial charge in [0.25, 0.3) is 0 Å². The molecule has 0 N–H and O–H groups in total.